The Kier molecular flexibility index (Phi) is 6.19. The molecule has 0 unspecified atom stereocenters. The van der Waals surface area contributed by atoms with E-state index >= 15 is 0 Å². The third-order valence-corrected chi connectivity index (χ3v) is 2.94. The Hall–Kier alpha value is -1.03. The molecule has 1 N–H and O–H groups in total. The van der Waals surface area contributed by atoms with E-state index in [0.29, 0.717) is 18.4 Å². The van der Waals surface area contributed by atoms with Gasteiger partial charge in [0.05, 0.1) is 6.61 Å². The Morgan fingerprint density at radius 2 is 2.17 bits per heavy atom. The lowest BCUT2D eigenvalue weighted by Crippen LogP contribution is -2.23. The summed E-state index contributed by atoms with van der Waals surface area (Å²) in [5.74, 6) is 2.12. The first-order valence-corrected chi connectivity index (χ1v) is 6.85. The molecular weight excluding hydrogens is 250 g/mol. The summed E-state index contributed by atoms with van der Waals surface area (Å²) in [5, 5.41) is 3.32. The molecule has 0 aliphatic carbocycles. The molecule has 1 aromatic heterocycles. The lowest BCUT2D eigenvalue weighted by molar-refractivity contribution is 0.326. The summed E-state index contributed by atoms with van der Waals surface area (Å²) in [5.41, 5.74) is 0.200. The minimum absolute atomic E-state index is 0.200. The summed E-state index contributed by atoms with van der Waals surface area (Å²) >= 11 is 5.72. The Labute approximate surface area is 114 Å². The fourth-order valence-corrected chi connectivity index (χ4v) is 1.76. The molecule has 0 bridgehead atoms. The van der Waals surface area contributed by atoms with Crippen LogP contribution in [0.1, 0.15) is 33.6 Å². The number of hydrogen-bond donors (Lipinski definition) is 1. The molecule has 1 rings (SSSR count). The van der Waals surface area contributed by atoms with Gasteiger partial charge in [0, 0.05) is 18.5 Å². The highest BCUT2D eigenvalue weighted by Crippen LogP contribution is 2.23. The third-order valence-electron chi connectivity index (χ3n) is 2.67. The molecule has 18 heavy (non-hydrogen) atoms. The number of aromatic nitrogens is 2. The van der Waals surface area contributed by atoms with Crippen LogP contribution in [0.2, 0.25) is 0 Å². The number of alkyl halides is 1. The predicted octanol–water partition coefficient (Wildman–Crippen LogP) is 3.33. The number of ether oxygens (including phenoxy) is 1. The van der Waals surface area contributed by atoms with Crippen molar-refractivity contribution in [1.82, 2.24) is 9.97 Å². The molecule has 102 valence electrons. The molecule has 1 heterocycles. The van der Waals surface area contributed by atoms with Crippen LogP contribution in [-0.2, 0) is 0 Å². The number of hydrogen-bond acceptors (Lipinski definition) is 4. The molecule has 5 heteroatoms. The van der Waals surface area contributed by atoms with Crippen LogP contribution in [0.25, 0.3) is 0 Å². The van der Waals surface area contributed by atoms with Crippen molar-refractivity contribution in [2.75, 3.05) is 24.3 Å². The van der Waals surface area contributed by atoms with Crippen molar-refractivity contribution in [1.29, 1.82) is 0 Å². The SMILES string of the molecule is CCOc1cc(NCC(C)(C)CCCCl)ncn1. The van der Waals surface area contributed by atoms with Crippen LogP contribution in [0.4, 0.5) is 5.82 Å². The maximum Gasteiger partial charge on any atom is 0.218 e. The highest BCUT2D eigenvalue weighted by molar-refractivity contribution is 6.17. The zero-order chi connectivity index (χ0) is 13.4. The molecule has 0 aliphatic rings. The van der Waals surface area contributed by atoms with Crippen molar-refractivity contribution in [2.45, 2.75) is 33.6 Å². The van der Waals surface area contributed by atoms with E-state index < -0.39 is 0 Å². The topological polar surface area (TPSA) is 47.0 Å². The zero-order valence-electron chi connectivity index (χ0n) is 11.4. The third kappa shape index (κ3) is 5.54. The van der Waals surface area contributed by atoms with Crippen molar-refractivity contribution < 1.29 is 4.74 Å². The Morgan fingerprint density at radius 3 is 2.83 bits per heavy atom. The van der Waals surface area contributed by atoms with Gasteiger partial charge in [0.25, 0.3) is 0 Å². The van der Waals surface area contributed by atoms with E-state index in [1.807, 2.05) is 13.0 Å². The lowest BCUT2D eigenvalue weighted by atomic mass is 9.88. The first-order chi connectivity index (χ1) is 8.57. The van der Waals surface area contributed by atoms with Crippen LogP contribution in [0.3, 0.4) is 0 Å². The first-order valence-electron chi connectivity index (χ1n) is 6.32. The van der Waals surface area contributed by atoms with E-state index in [9.17, 15) is 0 Å². The monoisotopic (exact) mass is 271 g/mol. The minimum atomic E-state index is 0.200. The van der Waals surface area contributed by atoms with Crippen molar-refractivity contribution in [2.24, 2.45) is 5.41 Å². The molecule has 0 aromatic carbocycles. The number of nitrogens with zero attached hydrogens (tertiary/aromatic N) is 2. The predicted molar refractivity (Wildman–Crippen MR) is 75.4 cm³/mol. The fraction of sp³-hybridized carbons (Fsp3) is 0.692. The molecule has 0 amide bonds. The van der Waals surface area contributed by atoms with E-state index in [-0.39, 0.29) is 5.41 Å². The van der Waals surface area contributed by atoms with E-state index in [1.165, 1.54) is 6.33 Å². The molecular formula is C13H22ClN3O. The second kappa shape index (κ2) is 7.41. The van der Waals surface area contributed by atoms with Gasteiger partial charge >= 0.3 is 0 Å². The molecule has 0 atom stereocenters. The number of nitrogens with one attached hydrogen (secondary N) is 1. The number of halogens is 1. The van der Waals surface area contributed by atoms with E-state index in [1.54, 1.807) is 0 Å². The summed E-state index contributed by atoms with van der Waals surface area (Å²) in [7, 11) is 0. The zero-order valence-corrected chi connectivity index (χ0v) is 12.1. The summed E-state index contributed by atoms with van der Waals surface area (Å²) in [6, 6.07) is 1.82. The second-order valence-corrected chi connectivity index (χ2v) is 5.36. The molecule has 0 fully saturated rings. The van der Waals surface area contributed by atoms with E-state index in [4.69, 9.17) is 16.3 Å². The van der Waals surface area contributed by atoms with E-state index in [2.05, 4.69) is 29.1 Å². The summed E-state index contributed by atoms with van der Waals surface area (Å²) < 4.78 is 5.33. The Bertz CT molecular complexity index is 358. The average Bonchev–Trinajstić information content (AvgIpc) is 2.35. The molecule has 0 saturated heterocycles. The molecule has 0 saturated carbocycles. The van der Waals surface area contributed by atoms with Gasteiger partial charge in [-0.05, 0) is 25.2 Å². The normalized spacial score (nSPS) is 11.3. The summed E-state index contributed by atoms with van der Waals surface area (Å²) in [4.78, 5) is 8.21. The van der Waals surface area contributed by atoms with Crippen LogP contribution in [0, 0.1) is 5.41 Å². The van der Waals surface area contributed by atoms with E-state index in [0.717, 1.165) is 25.2 Å². The summed E-state index contributed by atoms with van der Waals surface area (Å²) in [6.45, 7) is 7.84. The van der Waals surface area contributed by atoms with Crippen molar-refractivity contribution in [3.05, 3.63) is 12.4 Å². The molecule has 1 aromatic rings. The fourth-order valence-electron chi connectivity index (χ4n) is 1.63. The van der Waals surface area contributed by atoms with Gasteiger partial charge in [-0.15, -0.1) is 11.6 Å². The number of anilines is 1. The second-order valence-electron chi connectivity index (χ2n) is 4.98. The van der Waals surface area contributed by atoms with Crippen molar-refractivity contribution in [3.63, 3.8) is 0 Å². The molecule has 0 spiro atoms. The molecule has 0 aliphatic heterocycles. The Morgan fingerprint density at radius 1 is 1.39 bits per heavy atom. The van der Waals surface area contributed by atoms with Gasteiger partial charge in [0.2, 0.25) is 5.88 Å². The standard InChI is InChI=1S/C13H22ClN3O/c1-4-18-12-8-11(16-10-17-12)15-9-13(2,3)6-5-7-14/h8,10H,4-7,9H2,1-3H3,(H,15,16,17). The van der Waals surface area contributed by atoms with Crippen molar-refractivity contribution >= 4 is 17.4 Å². The van der Waals surface area contributed by atoms with Crippen LogP contribution >= 0.6 is 11.6 Å². The maximum atomic E-state index is 5.72. The lowest BCUT2D eigenvalue weighted by Gasteiger charge is -2.24. The quantitative estimate of drug-likeness (QED) is 0.737. The Balaban J connectivity index is 2.49. The van der Waals surface area contributed by atoms with Crippen LogP contribution in [0.15, 0.2) is 12.4 Å². The van der Waals surface area contributed by atoms with Gasteiger partial charge in [-0.2, -0.15) is 0 Å². The van der Waals surface area contributed by atoms with Gasteiger partial charge in [0.1, 0.15) is 12.1 Å². The average molecular weight is 272 g/mol. The highest BCUT2D eigenvalue weighted by atomic mass is 35.5. The highest BCUT2D eigenvalue weighted by Gasteiger charge is 2.17. The first kappa shape index (κ1) is 15.0. The van der Waals surface area contributed by atoms with Gasteiger partial charge in [-0.1, -0.05) is 13.8 Å². The number of rotatable bonds is 8. The largest absolute Gasteiger partial charge is 0.478 e. The smallest absolute Gasteiger partial charge is 0.218 e. The molecule has 4 nitrogen and oxygen atoms in total. The van der Waals surface area contributed by atoms with Gasteiger partial charge < -0.3 is 10.1 Å². The maximum absolute atomic E-state index is 5.72. The van der Waals surface area contributed by atoms with Gasteiger partial charge in [0.15, 0.2) is 0 Å². The minimum Gasteiger partial charge on any atom is -0.478 e. The molecule has 0 radical (unpaired) electrons. The van der Waals surface area contributed by atoms with Crippen LogP contribution < -0.4 is 10.1 Å². The van der Waals surface area contributed by atoms with Crippen LogP contribution in [-0.4, -0.2) is 29.0 Å². The van der Waals surface area contributed by atoms with Crippen molar-refractivity contribution in [3.8, 4) is 5.88 Å². The van der Waals surface area contributed by atoms with Gasteiger partial charge in [-0.25, -0.2) is 9.97 Å². The van der Waals surface area contributed by atoms with Crippen LogP contribution in [0.5, 0.6) is 5.88 Å². The van der Waals surface area contributed by atoms with Gasteiger partial charge in [-0.3, -0.25) is 0 Å². The summed E-state index contributed by atoms with van der Waals surface area (Å²) in [6.07, 6.45) is 3.64.